The predicted octanol–water partition coefficient (Wildman–Crippen LogP) is 2.91. The van der Waals surface area contributed by atoms with Crippen LogP contribution in [0.3, 0.4) is 0 Å². The molecule has 0 radical (unpaired) electrons. The summed E-state index contributed by atoms with van der Waals surface area (Å²) in [5, 5.41) is 13.9. The number of rotatable bonds is 3. The number of nitrogens with zero attached hydrogens (tertiary/aromatic N) is 3. The van der Waals surface area contributed by atoms with E-state index in [1.807, 2.05) is 4.68 Å². The lowest BCUT2D eigenvalue weighted by molar-refractivity contribution is -0.143. The first-order valence-electron chi connectivity index (χ1n) is 9.66. The van der Waals surface area contributed by atoms with Crippen molar-refractivity contribution in [3.8, 4) is 5.69 Å². The number of aryl methyl sites for hydroxylation is 2. The third-order valence-electron chi connectivity index (χ3n) is 5.84. The summed E-state index contributed by atoms with van der Waals surface area (Å²) in [4.78, 5) is 26.0. The van der Waals surface area contributed by atoms with Crippen molar-refractivity contribution in [2.45, 2.75) is 46.0 Å². The molecule has 1 N–H and O–H groups in total. The van der Waals surface area contributed by atoms with E-state index in [0.717, 1.165) is 41.8 Å². The summed E-state index contributed by atoms with van der Waals surface area (Å²) in [6.07, 6.45) is 3.89. The van der Waals surface area contributed by atoms with Gasteiger partial charge in [-0.3, -0.25) is 9.59 Å². The van der Waals surface area contributed by atoms with Crippen molar-refractivity contribution < 1.29 is 14.7 Å². The molecule has 2 heterocycles. The Morgan fingerprint density at radius 1 is 1.15 bits per heavy atom. The molecule has 1 aliphatic heterocycles. The van der Waals surface area contributed by atoms with Crippen molar-refractivity contribution in [1.29, 1.82) is 0 Å². The molecule has 1 aliphatic carbocycles. The van der Waals surface area contributed by atoms with E-state index in [1.54, 1.807) is 4.90 Å². The van der Waals surface area contributed by atoms with Gasteiger partial charge >= 0.3 is 5.97 Å². The number of carboxylic acids is 1. The first-order chi connectivity index (χ1) is 13.0. The molecule has 1 fully saturated rings. The first-order valence-corrected chi connectivity index (χ1v) is 9.66. The minimum Gasteiger partial charge on any atom is -0.481 e. The van der Waals surface area contributed by atoms with Gasteiger partial charge in [0.1, 0.15) is 0 Å². The van der Waals surface area contributed by atoms with Crippen molar-refractivity contribution >= 4 is 11.9 Å². The third-order valence-corrected chi connectivity index (χ3v) is 5.84. The molecule has 27 heavy (non-hydrogen) atoms. The number of likely N-dealkylation sites (tertiary alicyclic amines) is 1. The zero-order valence-corrected chi connectivity index (χ0v) is 15.9. The summed E-state index contributed by atoms with van der Waals surface area (Å²) in [5.41, 5.74) is 6.15. The average Bonchev–Trinajstić information content (AvgIpc) is 3.24. The van der Waals surface area contributed by atoms with E-state index in [1.165, 1.54) is 5.56 Å². The maximum Gasteiger partial charge on any atom is 0.306 e. The summed E-state index contributed by atoms with van der Waals surface area (Å²) in [6, 6.07) is 6.28. The van der Waals surface area contributed by atoms with Crippen LogP contribution in [0.4, 0.5) is 0 Å². The highest BCUT2D eigenvalue weighted by Crippen LogP contribution is 2.30. The first kappa shape index (κ1) is 17.8. The van der Waals surface area contributed by atoms with Crippen LogP contribution in [0.5, 0.6) is 0 Å². The Kier molecular flexibility index (Phi) is 4.50. The molecule has 0 unspecified atom stereocenters. The zero-order chi connectivity index (χ0) is 19.1. The van der Waals surface area contributed by atoms with Gasteiger partial charge in [0.05, 0.1) is 11.6 Å². The highest BCUT2D eigenvalue weighted by atomic mass is 16.4. The van der Waals surface area contributed by atoms with Gasteiger partial charge in [-0.25, -0.2) is 4.68 Å². The molecule has 2 aliphatic rings. The molecule has 2 aromatic rings. The van der Waals surface area contributed by atoms with E-state index in [-0.39, 0.29) is 11.8 Å². The summed E-state index contributed by atoms with van der Waals surface area (Å²) < 4.78 is 1.95. The minimum absolute atomic E-state index is 0.0551. The SMILES string of the molecule is Cc1ccc(-n2nc(C(=O)N3CCC(C(=O)O)CC3)c3c2CCC3)c(C)c1. The molecule has 0 atom stereocenters. The van der Waals surface area contributed by atoms with Gasteiger partial charge in [-0.15, -0.1) is 0 Å². The number of hydrogen-bond acceptors (Lipinski definition) is 3. The largest absolute Gasteiger partial charge is 0.481 e. The Labute approximate surface area is 158 Å². The van der Waals surface area contributed by atoms with Gasteiger partial charge in [0, 0.05) is 24.3 Å². The van der Waals surface area contributed by atoms with E-state index in [9.17, 15) is 9.59 Å². The van der Waals surface area contributed by atoms with E-state index in [0.29, 0.717) is 31.6 Å². The number of aliphatic carboxylic acids is 1. The minimum atomic E-state index is -0.762. The molecule has 1 saturated heterocycles. The molecule has 0 spiro atoms. The fraction of sp³-hybridized carbons (Fsp3) is 0.476. The van der Waals surface area contributed by atoms with Gasteiger partial charge < -0.3 is 10.0 Å². The van der Waals surface area contributed by atoms with E-state index in [4.69, 9.17) is 10.2 Å². The second kappa shape index (κ2) is 6.83. The molecule has 0 bridgehead atoms. The van der Waals surface area contributed by atoms with E-state index < -0.39 is 5.97 Å². The number of fused-ring (bicyclic) bond motifs is 1. The number of carbonyl (C=O) groups excluding carboxylic acids is 1. The second-order valence-electron chi connectivity index (χ2n) is 7.73. The van der Waals surface area contributed by atoms with E-state index in [2.05, 4.69) is 32.0 Å². The lowest BCUT2D eigenvalue weighted by Gasteiger charge is -2.29. The predicted molar refractivity (Wildman–Crippen MR) is 101 cm³/mol. The lowest BCUT2D eigenvalue weighted by atomic mass is 9.97. The molecular formula is C21H25N3O3. The van der Waals surface area contributed by atoms with Crippen molar-refractivity contribution in [3.63, 3.8) is 0 Å². The molecule has 6 heteroatoms. The van der Waals surface area contributed by atoms with Crippen molar-refractivity contribution in [2.75, 3.05) is 13.1 Å². The van der Waals surface area contributed by atoms with Gasteiger partial charge in [0.15, 0.2) is 5.69 Å². The Morgan fingerprint density at radius 2 is 1.89 bits per heavy atom. The van der Waals surface area contributed by atoms with Crippen LogP contribution in [0, 0.1) is 19.8 Å². The van der Waals surface area contributed by atoms with Gasteiger partial charge in [-0.1, -0.05) is 17.7 Å². The fourth-order valence-electron chi connectivity index (χ4n) is 4.33. The van der Waals surface area contributed by atoms with Crippen molar-refractivity contribution in [3.05, 3.63) is 46.3 Å². The van der Waals surface area contributed by atoms with Crippen molar-refractivity contribution in [2.24, 2.45) is 5.92 Å². The van der Waals surface area contributed by atoms with Crippen LogP contribution in [0.1, 0.15) is 52.1 Å². The average molecular weight is 367 g/mol. The normalized spacial score (nSPS) is 17.2. The number of aromatic nitrogens is 2. The number of hydrogen-bond donors (Lipinski definition) is 1. The van der Waals surface area contributed by atoms with Crippen LogP contribution in [0.2, 0.25) is 0 Å². The summed E-state index contributed by atoms with van der Waals surface area (Å²) in [7, 11) is 0. The standard InChI is InChI=1S/C21H25N3O3/c1-13-6-7-17(14(2)12-13)24-18-5-3-4-16(18)19(22-24)20(25)23-10-8-15(9-11-23)21(26)27/h6-7,12,15H,3-5,8-11H2,1-2H3,(H,26,27). The molecule has 1 amide bonds. The van der Waals surface area contributed by atoms with Crippen LogP contribution in [0.15, 0.2) is 18.2 Å². The number of carbonyl (C=O) groups is 2. The topological polar surface area (TPSA) is 75.4 Å². The van der Waals surface area contributed by atoms with Crippen molar-refractivity contribution in [1.82, 2.24) is 14.7 Å². The van der Waals surface area contributed by atoms with Gasteiger partial charge in [-0.05, 0) is 57.6 Å². The molecule has 142 valence electrons. The highest BCUT2D eigenvalue weighted by molar-refractivity contribution is 5.94. The maximum absolute atomic E-state index is 13.1. The fourth-order valence-corrected chi connectivity index (χ4v) is 4.33. The Morgan fingerprint density at radius 3 is 2.56 bits per heavy atom. The van der Waals surface area contributed by atoms with Gasteiger partial charge in [0.25, 0.3) is 5.91 Å². The van der Waals surface area contributed by atoms with E-state index >= 15 is 0 Å². The zero-order valence-electron chi connectivity index (χ0n) is 15.9. The van der Waals surface area contributed by atoms with Crippen LogP contribution in [-0.2, 0) is 17.6 Å². The Hall–Kier alpha value is -2.63. The quantitative estimate of drug-likeness (QED) is 0.905. The summed E-state index contributed by atoms with van der Waals surface area (Å²) in [6.45, 7) is 5.12. The summed E-state index contributed by atoms with van der Waals surface area (Å²) in [5.74, 6) is -1.16. The second-order valence-corrected chi connectivity index (χ2v) is 7.73. The van der Waals surface area contributed by atoms with Crippen LogP contribution in [0.25, 0.3) is 5.69 Å². The smallest absolute Gasteiger partial charge is 0.306 e. The van der Waals surface area contributed by atoms with Crippen LogP contribution in [-0.4, -0.2) is 44.8 Å². The molecule has 6 nitrogen and oxygen atoms in total. The number of benzene rings is 1. The Balaban J connectivity index is 1.65. The maximum atomic E-state index is 13.1. The van der Waals surface area contributed by atoms with Gasteiger partial charge in [-0.2, -0.15) is 5.10 Å². The Bertz CT molecular complexity index is 908. The molecule has 4 rings (SSSR count). The van der Waals surface area contributed by atoms with Gasteiger partial charge in [0.2, 0.25) is 0 Å². The lowest BCUT2D eigenvalue weighted by Crippen LogP contribution is -2.40. The van der Waals surface area contributed by atoms with Crippen LogP contribution < -0.4 is 0 Å². The highest BCUT2D eigenvalue weighted by Gasteiger charge is 2.33. The molecule has 1 aromatic heterocycles. The number of carboxylic acid groups (broad SMARTS) is 1. The monoisotopic (exact) mass is 367 g/mol. The molecule has 1 aromatic carbocycles. The number of piperidine rings is 1. The summed E-state index contributed by atoms with van der Waals surface area (Å²) >= 11 is 0. The molecule has 0 saturated carbocycles. The van der Waals surface area contributed by atoms with Crippen LogP contribution >= 0.6 is 0 Å². The molecular weight excluding hydrogens is 342 g/mol. The third kappa shape index (κ3) is 3.13. The number of amides is 1.